The van der Waals surface area contributed by atoms with Gasteiger partial charge in [-0.05, 0) is 34.5 Å². The molecule has 0 aliphatic rings. The Morgan fingerprint density at radius 1 is 1.17 bits per heavy atom. The highest BCUT2D eigenvalue weighted by Gasteiger charge is 2.23. The van der Waals surface area contributed by atoms with Crippen LogP contribution in [0.15, 0.2) is 22.0 Å². The van der Waals surface area contributed by atoms with Crippen molar-refractivity contribution < 1.29 is 13.2 Å². The third-order valence-electron chi connectivity index (χ3n) is 2.42. The first-order valence-corrected chi connectivity index (χ1v) is 6.99. The molecule has 1 aromatic heterocycles. The van der Waals surface area contributed by atoms with Crippen LogP contribution in [0.4, 0.5) is 13.2 Å². The Bertz CT molecular complexity index is 554. The third-order valence-corrected chi connectivity index (χ3v) is 5.21. The Labute approximate surface area is 120 Å². The van der Waals surface area contributed by atoms with Crippen LogP contribution in [0.2, 0.25) is 0 Å². The predicted molar refractivity (Wildman–Crippen MR) is 70.8 cm³/mol. The minimum Gasteiger partial charge on any atom is -0.207 e. The van der Waals surface area contributed by atoms with E-state index < -0.39 is 22.8 Å². The molecule has 0 spiro atoms. The van der Waals surface area contributed by atoms with Crippen LogP contribution < -0.4 is 0 Å². The predicted octanol–water partition coefficient (Wildman–Crippen LogP) is 5.56. The molecule has 2 rings (SSSR count). The van der Waals surface area contributed by atoms with Crippen LogP contribution in [0.1, 0.15) is 21.4 Å². The van der Waals surface area contributed by atoms with Gasteiger partial charge < -0.3 is 0 Å². The Kier molecular flexibility index (Phi) is 4.04. The summed E-state index contributed by atoms with van der Waals surface area (Å²) < 4.78 is 40.8. The highest BCUT2D eigenvalue weighted by atomic mass is 79.9. The Balaban J connectivity index is 2.49. The van der Waals surface area contributed by atoms with E-state index in [1.54, 1.807) is 6.07 Å². The summed E-state index contributed by atoms with van der Waals surface area (Å²) in [5, 5.41) is -0.972. The van der Waals surface area contributed by atoms with Crippen molar-refractivity contribution in [2.75, 3.05) is 0 Å². The molecule has 6 heteroatoms. The molecule has 0 bridgehead atoms. The van der Waals surface area contributed by atoms with E-state index in [1.165, 1.54) is 11.3 Å². The molecule has 0 N–H and O–H groups in total. The van der Waals surface area contributed by atoms with Crippen molar-refractivity contribution in [3.05, 3.63) is 55.4 Å². The number of halogens is 5. The molecule has 0 fully saturated rings. The van der Waals surface area contributed by atoms with Crippen LogP contribution in [0.25, 0.3) is 0 Å². The average Bonchev–Trinajstić information content (AvgIpc) is 2.57. The number of alkyl halides is 1. The minimum atomic E-state index is -0.977. The lowest BCUT2D eigenvalue weighted by Gasteiger charge is -2.10. The van der Waals surface area contributed by atoms with Gasteiger partial charge in [0.25, 0.3) is 0 Å². The lowest BCUT2D eigenvalue weighted by atomic mass is 10.1. The van der Waals surface area contributed by atoms with Crippen LogP contribution in [-0.4, -0.2) is 0 Å². The van der Waals surface area contributed by atoms with E-state index in [1.807, 2.05) is 6.92 Å². The lowest BCUT2D eigenvalue weighted by molar-refractivity contribution is 0.526. The zero-order chi connectivity index (χ0) is 13.4. The van der Waals surface area contributed by atoms with Gasteiger partial charge in [-0.2, -0.15) is 0 Å². The molecule has 18 heavy (non-hydrogen) atoms. The van der Waals surface area contributed by atoms with E-state index in [-0.39, 0.29) is 5.56 Å². The summed E-state index contributed by atoms with van der Waals surface area (Å²) >= 11 is 10.7. The maximum atomic E-state index is 13.6. The molecule has 0 aliphatic carbocycles. The van der Waals surface area contributed by atoms with Crippen molar-refractivity contribution in [2.45, 2.75) is 12.3 Å². The van der Waals surface area contributed by atoms with Crippen LogP contribution in [0.5, 0.6) is 0 Å². The maximum absolute atomic E-state index is 13.6. The summed E-state index contributed by atoms with van der Waals surface area (Å²) in [5.74, 6) is -2.91. The van der Waals surface area contributed by atoms with E-state index in [4.69, 9.17) is 11.6 Å². The largest absolute Gasteiger partial charge is 0.207 e. The number of thiophene rings is 1. The number of benzene rings is 1. The first kappa shape index (κ1) is 13.9. The normalized spacial score (nSPS) is 12.8. The van der Waals surface area contributed by atoms with Gasteiger partial charge in [-0.25, -0.2) is 13.2 Å². The Morgan fingerprint density at radius 3 is 2.17 bits per heavy atom. The topological polar surface area (TPSA) is 0 Å². The molecule has 1 unspecified atom stereocenters. The molecule has 2 aromatic rings. The van der Waals surface area contributed by atoms with Gasteiger partial charge in [0, 0.05) is 22.6 Å². The third kappa shape index (κ3) is 2.58. The summed E-state index contributed by atoms with van der Waals surface area (Å²) in [6.07, 6.45) is 0. The fraction of sp³-hybridized carbons (Fsp3) is 0.167. The molecular formula is C12H7BrClF3S. The van der Waals surface area contributed by atoms with Gasteiger partial charge >= 0.3 is 0 Å². The van der Waals surface area contributed by atoms with Crippen molar-refractivity contribution in [2.24, 2.45) is 0 Å². The van der Waals surface area contributed by atoms with Crippen molar-refractivity contribution in [1.82, 2.24) is 0 Å². The maximum Gasteiger partial charge on any atom is 0.134 e. The van der Waals surface area contributed by atoms with Gasteiger partial charge in [0.15, 0.2) is 0 Å². The van der Waals surface area contributed by atoms with Gasteiger partial charge in [0.05, 0.1) is 9.16 Å². The van der Waals surface area contributed by atoms with Crippen LogP contribution in [0.3, 0.4) is 0 Å². The molecule has 1 aromatic carbocycles. The molecule has 0 radical (unpaired) electrons. The van der Waals surface area contributed by atoms with Crippen molar-refractivity contribution in [3.8, 4) is 0 Å². The first-order chi connectivity index (χ1) is 8.40. The second-order valence-corrected chi connectivity index (χ2v) is 6.59. The zero-order valence-electron chi connectivity index (χ0n) is 9.11. The fourth-order valence-electron chi connectivity index (χ4n) is 1.55. The van der Waals surface area contributed by atoms with E-state index in [0.717, 1.165) is 9.35 Å². The number of rotatable bonds is 2. The molecular weight excluding hydrogens is 349 g/mol. The summed E-state index contributed by atoms with van der Waals surface area (Å²) in [4.78, 5) is 0.602. The van der Waals surface area contributed by atoms with Gasteiger partial charge in [-0.1, -0.05) is 0 Å². The molecule has 0 amide bonds. The number of aryl methyl sites for hydroxylation is 1. The van der Waals surface area contributed by atoms with Crippen LogP contribution in [-0.2, 0) is 0 Å². The second-order valence-electron chi connectivity index (χ2n) is 3.75. The van der Waals surface area contributed by atoms with Gasteiger partial charge in [-0.3, -0.25) is 0 Å². The van der Waals surface area contributed by atoms with E-state index in [0.29, 0.717) is 17.0 Å². The second kappa shape index (κ2) is 5.23. The molecule has 0 saturated heterocycles. The standard InChI is InChI=1S/C12H7BrClF3S/c1-5-2-9(18-12(5)13)11(14)10-7(16)3-6(15)4-8(10)17/h2-4,11H,1H3. The van der Waals surface area contributed by atoms with Gasteiger partial charge in [0.2, 0.25) is 0 Å². The smallest absolute Gasteiger partial charge is 0.134 e. The summed E-state index contributed by atoms with van der Waals surface area (Å²) in [6, 6.07) is 3.00. The quantitative estimate of drug-likeness (QED) is 0.618. The zero-order valence-corrected chi connectivity index (χ0v) is 12.3. The van der Waals surface area contributed by atoms with Crippen LogP contribution >= 0.6 is 38.9 Å². The molecule has 0 aliphatic heterocycles. The summed E-state index contributed by atoms with van der Waals surface area (Å²) in [6.45, 7) is 1.85. The van der Waals surface area contributed by atoms with Gasteiger partial charge in [-0.15, -0.1) is 22.9 Å². The van der Waals surface area contributed by atoms with Crippen molar-refractivity contribution >= 4 is 38.9 Å². The lowest BCUT2D eigenvalue weighted by Crippen LogP contribution is -2.00. The van der Waals surface area contributed by atoms with Crippen LogP contribution in [0, 0.1) is 24.4 Å². The first-order valence-electron chi connectivity index (χ1n) is 4.94. The molecule has 1 heterocycles. The number of hydrogen-bond acceptors (Lipinski definition) is 1. The SMILES string of the molecule is Cc1cc(C(Cl)c2c(F)cc(F)cc2F)sc1Br. The van der Waals surface area contributed by atoms with E-state index in [2.05, 4.69) is 15.9 Å². The molecule has 0 saturated carbocycles. The minimum absolute atomic E-state index is 0.327. The van der Waals surface area contributed by atoms with Crippen molar-refractivity contribution in [3.63, 3.8) is 0 Å². The Morgan fingerprint density at radius 2 is 1.72 bits per heavy atom. The van der Waals surface area contributed by atoms with E-state index >= 15 is 0 Å². The molecule has 0 nitrogen and oxygen atoms in total. The monoisotopic (exact) mass is 354 g/mol. The number of hydrogen-bond donors (Lipinski definition) is 0. The molecule has 1 atom stereocenters. The van der Waals surface area contributed by atoms with Crippen molar-refractivity contribution in [1.29, 1.82) is 0 Å². The summed E-state index contributed by atoms with van der Waals surface area (Å²) in [5.41, 5.74) is 0.607. The fourth-order valence-corrected chi connectivity index (χ4v) is 3.51. The van der Waals surface area contributed by atoms with Gasteiger partial charge in [0.1, 0.15) is 17.5 Å². The highest BCUT2D eigenvalue weighted by molar-refractivity contribution is 9.11. The van der Waals surface area contributed by atoms with E-state index in [9.17, 15) is 13.2 Å². The average molecular weight is 356 g/mol. The Hall–Kier alpha value is -0.520. The summed E-state index contributed by atoms with van der Waals surface area (Å²) in [7, 11) is 0. The highest BCUT2D eigenvalue weighted by Crippen LogP contribution is 2.39. The molecule has 96 valence electrons.